The second-order valence-corrected chi connectivity index (χ2v) is 5.00. The molecule has 4 nitrogen and oxygen atoms in total. The van der Waals surface area contributed by atoms with Crippen molar-refractivity contribution in [2.45, 2.75) is 20.4 Å². The Hall–Kier alpha value is -2.36. The van der Waals surface area contributed by atoms with Gasteiger partial charge in [-0.25, -0.2) is 0 Å². The predicted molar refractivity (Wildman–Crippen MR) is 78.8 cm³/mol. The van der Waals surface area contributed by atoms with E-state index in [4.69, 9.17) is 0 Å². The number of carbonyl (C=O) groups is 1. The van der Waals surface area contributed by atoms with E-state index in [9.17, 15) is 9.59 Å². The van der Waals surface area contributed by atoms with Crippen LogP contribution in [0.4, 0.5) is 0 Å². The number of aryl methyl sites for hydroxylation is 2. The van der Waals surface area contributed by atoms with Gasteiger partial charge < -0.3 is 9.88 Å². The second kappa shape index (κ2) is 5.74. The molecule has 0 spiro atoms. The molecule has 20 heavy (non-hydrogen) atoms. The Morgan fingerprint density at radius 3 is 2.65 bits per heavy atom. The molecule has 1 aromatic carbocycles. The Labute approximate surface area is 118 Å². The van der Waals surface area contributed by atoms with Crippen molar-refractivity contribution in [2.24, 2.45) is 0 Å². The first kappa shape index (κ1) is 14.1. The monoisotopic (exact) mass is 270 g/mol. The highest BCUT2D eigenvalue weighted by atomic mass is 16.2. The number of amides is 1. The van der Waals surface area contributed by atoms with Crippen LogP contribution >= 0.6 is 0 Å². The van der Waals surface area contributed by atoms with Gasteiger partial charge in [-0.05, 0) is 37.1 Å². The van der Waals surface area contributed by atoms with E-state index in [0.717, 1.165) is 11.1 Å². The molecule has 1 amide bonds. The van der Waals surface area contributed by atoms with Crippen LogP contribution in [0.5, 0.6) is 0 Å². The summed E-state index contributed by atoms with van der Waals surface area (Å²) in [6.45, 7) is 4.55. The molecule has 0 atom stereocenters. The van der Waals surface area contributed by atoms with Crippen LogP contribution < -0.4 is 5.56 Å². The number of nitrogens with zero attached hydrogens (tertiary/aromatic N) is 1. The van der Waals surface area contributed by atoms with Crippen molar-refractivity contribution >= 4 is 5.91 Å². The van der Waals surface area contributed by atoms with E-state index in [2.05, 4.69) is 11.1 Å². The van der Waals surface area contributed by atoms with Crippen molar-refractivity contribution in [1.29, 1.82) is 0 Å². The average Bonchev–Trinajstić information content (AvgIpc) is 2.41. The largest absolute Gasteiger partial charge is 0.337 e. The van der Waals surface area contributed by atoms with Gasteiger partial charge in [0.1, 0.15) is 5.56 Å². The van der Waals surface area contributed by atoms with E-state index in [1.165, 1.54) is 11.8 Å². The first-order chi connectivity index (χ1) is 9.49. The van der Waals surface area contributed by atoms with Gasteiger partial charge in [-0.1, -0.05) is 23.8 Å². The Kier molecular flexibility index (Phi) is 4.03. The molecule has 2 aromatic rings. The molecule has 0 aliphatic heterocycles. The maximum Gasteiger partial charge on any atom is 0.260 e. The lowest BCUT2D eigenvalue weighted by Gasteiger charge is -2.18. The standard InChI is InChI=1S/C16H18N2O2/c1-11-6-7-13(12(2)9-11)10-18(3)16(20)14-5-4-8-17-15(14)19/h4-9H,10H2,1-3H3,(H,17,19). The molecule has 0 unspecified atom stereocenters. The first-order valence-corrected chi connectivity index (χ1v) is 6.48. The van der Waals surface area contributed by atoms with Crippen LogP contribution in [0.25, 0.3) is 0 Å². The molecule has 0 radical (unpaired) electrons. The van der Waals surface area contributed by atoms with E-state index in [-0.39, 0.29) is 17.0 Å². The molecule has 2 rings (SSSR count). The van der Waals surface area contributed by atoms with Crippen molar-refractivity contribution in [3.8, 4) is 0 Å². The Bertz CT molecular complexity index is 689. The van der Waals surface area contributed by atoms with Crippen LogP contribution in [0, 0.1) is 13.8 Å². The summed E-state index contributed by atoms with van der Waals surface area (Å²) in [7, 11) is 1.70. The number of aromatic amines is 1. The van der Waals surface area contributed by atoms with Crippen LogP contribution in [0.3, 0.4) is 0 Å². The van der Waals surface area contributed by atoms with Gasteiger partial charge in [0.25, 0.3) is 11.5 Å². The summed E-state index contributed by atoms with van der Waals surface area (Å²) in [4.78, 5) is 28.0. The van der Waals surface area contributed by atoms with Gasteiger partial charge in [0.15, 0.2) is 0 Å². The fourth-order valence-corrected chi connectivity index (χ4v) is 2.15. The highest BCUT2D eigenvalue weighted by Gasteiger charge is 2.15. The third kappa shape index (κ3) is 2.96. The summed E-state index contributed by atoms with van der Waals surface area (Å²) in [6, 6.07) is 9.32. The normalized spacial score (nSPS) is 10.3. The van der Waals surface area contributed by atoms with Crippen molar-refractivity contribution in [3.63, 3.8) is 0 Å². The quantitative estimate of drug-likeness (QED) is 0.930. The number of carbonyl (C=O) groups excluding carboxylic acids is 1. The zero-order chi connectivity index (χ0) is 14.7. The molecular weight excluding hydrogens is 252 g/mol. The lowest BCUT2D eigenvalue weighted by Crippen LogP contribution is -2.31. The number of benzene rings is 1. The number of hydrogen-bond donors (Lipinski definition) is 1. The van der Waals surface area contributed by atoms with E-state index in [1.54, 1.807) is 24.1 Å². The third-order valence-corrected chi connectivity index (χ3v) is 3.30. The number of H-pyrrole nitrogens is 1. The summed E-state index contributed by atoms with van der Waals surface area (Å²) < 4.78 is 0. The fourth-order valence-electron chi connectivity index (χ4n) is 2.15. The van der Waals surface area contributed by atoms with E-state index in [0.29, 0.717) is 6.54 Å². The zero-order valence-corrected chi connectivity index (χ0v) is 11.9. The van der Waals surface area contributed by atoms with Gasteiger partial charge in [-0.3, -0.25) is 9.59 Å². The molecule has 0 aliphatic carbocycles. The third-order valence-electron chi connectivity index (χ3n) is 3.30. The summed E-state index contributed by atoms with van der Waals surface area (Å²) in [5.41, 5.74) is 3.23. The van der Waals surface area contributed by atoms with Gasteiger partial charge >= 0.3 is 0 Å². The molecule has 0 fully saturated rings. The molecule has 4 heteroatoms. The molecule has 1 aromatic heterocycles. The molecule has 1 N–H and O–H groups in total. The highest BCUT2D eigenvalue weighted by Crippen LogP contribution is 2.13. The van der Waals surface area contributed by atoms with Crippen molar-refractivity contribution in [2.75, 3.05) is 7.05 Å². The highest BCUT2D eigenvalue weighted by molar-refractivity contribution is 5.93. The summed E-state index contributed by atoms with van der Waals surface area (Å²) in [5, 5.41) is 0. The summed E-state index contributed by atoms with van der Waals surface area (Å²) >= 11 is 0. The van der Waals surface area contributed by atoms with Crippen LogP contribution in [-0.2, 0) is 6.54 Å². The summed E-state index contributed by atoms with van der Waals surface area (Å²) in [6.07, 6.45) is 1.52. The number of aromatic nitrogens is 1. The average molecular weight is 270 g/mol. The molecule has 0 saturated carbocycles. The molecule has 0 aliphatic rings. The van der Waals surface area contributed by atoms with Gasteiger partial charge in [0.2, 0.25) is 0 Å². The smallest absolute Gasteiger partial charge is 0.260 e. The van der Waals surface area contributed by atoms with Crippen LogP contribution in [0.1, 0.15) is 27.0 Å². The number of nitrogens with one attached hydrogen (secondary N) is 1. The zero-order valence-electron chi connectivity index (χ0n) is 11.9. The fraction of sp³-hybridized carbons (Fsp3) is 0.250. The van der Waals surface area contributed by atoms with Crippen LogP contribution in [-0.4, -0.2) is 22.8 Å². The van der Waals surface area contributed by atoms with Crippen LogP contribution in [0.15, 0.2) is 41.3 Å². The summed E-state index contributed by atoms with van der Waals surface area (Å²) in [5.74, 6) is -0.271. The van der Waals surface area contributed by atoms with Gasteiger partial charge in [-0.15, -0.1) is 0 Å². The second-order valence-electron chi connectivity index (χ2n) is 5.00. The predicted octanol–water partition coefficient (Wildman–Crippen LogP) is 2.26. The number of hydrogen-bond acceptors (Lipinski definition) is 2. The number of pyridine rings is 1. The molecule has 0 saturated heterocycles. The maximum absolute atomic E-state index is 12.3. The Morgan fingerprint density at radius 1 is 1.25 bits per heavy atom. The molecule has 1 heterocycles. The van der Waals surface area contributed by atoms with Crippen LogP contribution in [0.2, 0.25) is 0 Å². The van der Waals surface area contributed by atoms with Crippen molar-refractivity contribution in [3.05, 3.63) is 69.1 Å². The lowest BCUT2D eigenvalue weighted by atomic mass is 10.1. The molecule has 104 valence electrons. The minimum absolute atomic E-state index is 0.166. The van der Waals surface area contributed by atoms with Gasteiger partial charge in [0.05, 0.1) is 0 Å². The Balaban J connectivity index is 2.20. The minimum atomic E-state index is -0.357. The SMILES string of the molecule is Cc1ccc(CN(C)C(=O)c2ccc[nH]c2=O)c(C)c1. The van der Waals surface area contributed by atoms with E-state index < -0.39 is 0 Å². The van der Waals surface area contributed by atoms with Gasteiger partial charge in [0, 0.05) is 19.8 Å². The topological polar surface area (TPSA) is 53.2 Å². The van der Waals surface area contributed by atoms with Crippen molar-refractivity contribution in [1.82, 2.24) is 9.88 Å². The molecule has 0 bridgehead atoms. The minimum Gasteiger partial charge on any atom is -0.337 e. The molecular formula is C16H18N2O2. The van der Waals surface area contributed by atoms with E-state index >= 15 is 0 Å². The first-order valence-electron chi connectivity index (χ1n) is 6.48. The van der Waals surface area contributed by atoms with E-state index in [1.807, 2.05) is 26.0 Å². The van der Waals surface area contributed by atoms with Gasteiger partial charge in [-0.2, -0.15) is 0 Å². The maximum atomic E-state index is 12.3. The Morgan fingerprint density at radius 2 is 2.00 bits per heavy atom. The number of rotatable bonds is 3. The van der Waals surface area contributed by atoms with Crippen molar-refractivity contribution < 1.29 is 4.79 Å². The lowest BCUT2D eigenvalue weighted by molar-refractivity contribution is 0.0783.